The largest absolute Gasteiger partial charge is 0.582 e. The van der Waals surface area contributed by atoms with Crippen LogP contribution in [0.5, 0.6) is 0 Å². The van der Waals surface area contributed by atoms with Gasteiger partial charge in [0.05, 0.1) is 6.54 Å². The van der Waals surface area contributed by atoms with Crippen LogP contribution in [-0.4, -0.2) is 135 Å². The molecule has 0 spiro atoms. The van der Waals surface area contributed by atoms with Crippen LogP contribution < -0.4 is 43.6 Å². The van der Waals surface area contributed by atoms with E-state index in [4.69, 9.17) is 54.7 Å². The number of hydrogen-bond donors (Lipinski definition) is 7. The summed E-state index contributed by atoms with van der Waals surface area (Å²) < 4.78 is 76.4. The average molecular weight is 1200 g/mol. The summed E-state index contributed by atoms with van der Waals surface area (Å²) in [4.78, 5) is 75.1. The minimum absolute atomic E-state index is 0.000892. The highest BCUT2D eigenvalue weighted by molar-refractivity contribution is 8.06. The van der Waals surface area contributed by atoms with E-state index >= 15 is 0 Å². The third-order valence-electron chi connectivity index (χ3n) is 13.6. The molecule has 4 aliphatic rings. The second-order valence-corrected chi connectivity index (χ2v) is 35.8. The first kappa shape index (κ1) is 56.9. The fourth-order valence-corrected chi connectivity index (χ4v) is 24.9. The molecule has 3 amide bonds. The van der Waals surface area contributed by atoms with Crippen molar-refractivity contribution in [2.45, 2.75) is 55.7 Å². The van der Waals surface area contributed by atoms with Crippen molar-refractivity contribution in [2.75, 3.05) is 32.8 Å². The number of rotatable bonds is 22. The zero-order chi connectivity index (χ0) is 57.5. The number of carbonyl (C=O) groups excluding carboxylic acids is 3. The molecule has 4 aliphatic heterocycles. The molecule has 10 rings (SSSR count). The van der Waals surface area contributed by atoms with Gasteiger partial charge in [0.15, 0.2) is 40.0 Å². The van der Waals surface area contributed by atoms with E-state index in [-0.39, 0.29) is 19.5 Å². The van der Waals surface area contributed by atoms with E-state index in [1.54, 1.807) is 0 Å². The van der Waals surface area contributed by atoms with Gasteiger partial charge in [-0.05, 0) is 51.1 Å². The van der Waals surface area contributed by atoms with Gasteiger partial charge < -0.3 is 39.0 Å². The van der Waals surface area contributed by atoms with Crippen molar-refractivity contribution >= 4 is 120 Å². The highest BCUT2D eigenvalue weighted by atomic mass is 32.3. The van der Waals surface area contributed by atoms with Crippen LogP contribution >= 0.6 is 0 Å². The Kier molecular flexibility index (Phi) is 15.9. The molecule has 0 saturated carbocycles. The number of aliphatic imine (C=N–C) groups is 4. The van der Waals surface area contributed by atoms with Gasteiger partial charge in [0.2, 0.25) is 10.5 Å². The fourth-order valence-electron chi connectivity index (χ4n) is 9.96. The number of ether oxygens (including phenoxy) is 1. The van der Waals surface area contributed by atoms with E-state index in [1.165, 1.54) is 0 Å². The lowest BCUT2D eigenvalue weighted by Crippen LogP contribution is -2.70. The lowest BCUT2D eigenvalue weighted by atomic mass is 10.1. The zero-order valence-electron chi connectivity index (χ0n) is 44.1. The summed E-state index contributed by atoms with van der Waals surface area (Å²) in [5.74, 6) is 10.9. The van der Waals surface area contributed by atoms with Gasteiger partial charge >= 0.3 is 31.0 Å². The normalized spacial score (nSPS) is 16.6. The lowest BCUT2D eigenvalue weighted by molar-refractivity contribution is -0.150. The molecule has 0 saturated heterocycles. The summed E-state index contributed by atoms with van der Waals surface area (Å²) in [6.45, 7) is 6.47. The summed E-state index contributed by atoms with van der Waals surface area (Å²) in [5.41, 5.74) is 3.84. The van der Waals surface area contributed by atoms with Gasteiger partial charge in [-0.15, -0.1) is 0 Å². The first-order valence-corrected chi connectivity index (χ1v) is 36.3. The van der Waals surface area contributed by atoms with Crippen LogP contribution in [-0.2, 0) is 51.8 Å². The number of aromatic nitrogens is 2. The molecule has 6 heterocycles. The molecule has 2 aromatic heterocycles. The molecule has 4 aromatic carbocycles. The summed E-state index contributed by atoms with van der Waals surface area (Å²) in [6.07, 6.45) is 0.735. The molecule has 9 N–H and O–H groups in total. The van der Waals surface area contributed by atoms with Crippen LogP contribution in [0, 0.1) is 0 Å². The maximum atomic E-state index is 13.2. The minimum Gasteiger partial charge on any atom is -0.404 e. The van der Waals surface area contributed by atoms with Gasteiger partial charge in [-0.2, -0.15) is 24.5 Å². The Morgan fingerprint density at radius 1 is 0.605 bits per heavy atom. The number of nitrogens with one attached hydrogen (secondary N) is 4. The number of benzene rings is 4. The molecule has 2 unspecified atom stereocenters. The maximum absolute atomic E-state index is 13.2. The van der Waals surface area contributed by atoms with Gasteiger partial charge in [0, 0.05) is 56.9 Å². The predicted octanol–water partition coefficient (Wildman–Crippen LogP) is 2.30. The van der Waals surface area contributed by atoms with Gasteiger partial charge in [-0.3, -0.25) is 13.3 Å². The Bertz CT molecular complexity index is 3860. The SMILES string of the molecule is C[Si](C)(CCCNC(=O)COCC(=O)ON)O[Si]1(O[Si](C)(C)CCCNC(=O)NCC(S(=O)(=O)NO)S(=O)(=O)ON)n2c3c4ccccc4c2N=C2N=C(N=c4c5ccccc5c(n41)=NC1=NC(=N3)c3ccccc31)c1ccccc12. The number of sulfonamides is 1. The van der Waals surface area contributed by atoms with Gasteiger partial charge in [-0.1, -0.05) is 102 Å². The quantitative estimate of drug-likeness (QED) is 0.0291. The van der Waals surface area contributed by atoms with E-state index < -0.39 is 87.9 Å². The lowest BCUT2D eigenvalue weighted by Gasteiger charge is -2.43. The third kappa shape index (κ3) is 11.2. The highest BCUT2D eigenvalue weighted by Gasteiger charge is 2.58. The summed E-state index contributed by atoms with van der Waals surface area (Å²) >= 11 is 0. The van der Waals surface area contributed by atoms with Crippen LogP contribution in [0.2, 0.25) is 38.3 Å². The zero-order valence-corrected chi connectivity index (χ0v) is 48.7. The number of amides is 3. The fraction of sp³-hybridized carbons (Fsp3) is 0.286. The van der Waals surface area contributed by atoms with E-state index in [0.717, 1.165) is 27.1 Å². The number of urea groups is 1. The van der Waals surface area contributed by atoms with E-state index in [2.05, 4.69) is 38.2 Å². The number of carbonyl (C=O) groups is 3. The van der Waals surface area contributed by atoms with Crippen LogP contribution in [0.25, 0.3) is 21.5 Å². The Morgan fingerprint density at radius 2 is 1.05 bits per heavy atom. The molecule has 2 atom stereocenters. The van der Waals surface area contributed by atoms with Crippen LogP contribution in [0.1, 0.15) is 35.1 Å². The first-order chi connectivity index (χ1) is 38.7. The Labute approximate surface area is 466 Å². The van der Waals surface area contributed by atoms with Crippen LogP contribution in [0.15, 0.2) is 127 Å². The topological polar surface area (TPSA) is 370 Å². The minimum atomic E-state index is -5.01. The van der Waals surface area contributed by atoms with Crippen LogP contribution in [0.3, 0.4) is 0 Å². The number of hydrogen-bond acceptors (Lipinski definition) is 21. The van der Waals surface area contributed by atoms with Crippen molar-refractivity contribution in [1.29, 1.82) is 0 Å². The van der Waals surface area contributed by atoms with Crippen molar-refractivity contribution in [3.63, 3.8) is 0 Å². The molecule has 424 valence electrons. The number of amidine groups is 4. The Morgan fingerprint density at radius 3 is 1.51 bits per heavy atom. The molecule has 0 aliphatic carbocycles. The van der Waals surface area contributed by atoms with Crippen molar-refractivity contribution in [2.24, 2.45) is 41.7 Å². The van der Waals surface area contributed by atoms with Gasteiger partial charge in [0.25, 0.3) is 10.0 Å². The van der Waals surface area contributed by atoms with Crippen molar-refractivity contribution in [1.82, 2.24) is 29.3 Å². The average Bonchev–Trinajstić information content (AvgIpc) is 4.38. The molecule has 0 radical (unpaired) electrons. The number of fused-ring (bicyclic) bond motifs is 14. The third-order valence-corrected chi connectivity index (χ3v) is 28.9. The number of nitrogens with zero attached hydrogens (tertiary/aromatic N) is 8. The van der Waals surface area contributed by atoms with Crippen LogP contribution in [0.4, 0.5) is 16.4 Å². The first-order valence-electron chi connectivity index (χ1n) is 25.4. The van der Waals surface area contributed by atoms with Crippen molar-refractivity contribution in [3.8, 4) is 0 Å². The Hall–Kier alpha value is -7.32. The van der Waals surface area contributed by atoms with Crippen molar-refractivity contribution < 1.29 is 58.5 Å². The standard InChI is InChI=1S/C49H56N14O13S2Si3/c1-79(2,25-13-23-52-38(64)28-72-29-39(65)73-50)75-81(76-80(3,4)26-14-24-53-49(66)54-27-40(77(68,69)61-67)78(70,71)74-51)62-45-34-19-9-10-20-35(34)47(62)59-43-32-17-7-8-18-33(32)44(56-43)60-48-37-22-12-11-21-36(37)46(63(48)81)58-42-31-16-6-5-15-30(31)41(55-42)57-45/h5-12,15-22,40,61,67H,13-14,23-29,50-51H2,1-4H3,(H,52,64)(H2,53,54,66). The molecule has 6 aromatic rings. The summed E-state index contributed by atoms with van der Waals surface area (Å²) in [5, 5.41) is 19.7. The monoisotopic (exact) mass is 1200 g/mol. The molecule has 81 heavy (non-hydrogen) atoms. The summed E-state index contributed by atoms with van der Waals surface area (Å²) in [7, 11) is -21.1. The Balaban J connectivity index is 1.15. The highest BCUT2D eigenvalue weighted by Crippen LogP contribution is 2.45. The van der Waals surface area contributed by atoms with E-state index in [9.17, 15) is 36.4 Å². The van der Waals surface area contributed by atoms with E-state index in [0.29, 0.717) is 86.0 Å². The second kappa shape index (κ2) is 22.6. The van der Waals surface area contributed by atoms with Gasteiger partial charge in [0.1, 0.15) is 35.8 Å². The number of nitrogens with two attached hydrogens (primary N) is 2. The summed E-state index contributed by atoms with van der Waals surface area (Å²) in [6, 6.07) is 30.9. The molecule has 27 nitrogen and oxygen atoms in total. The smallest absolute Gasteiger partial charge is 0.404 e. The maximum Gasteiger partial charge on any atom is 0.582 e. The van der Waals surface area contributed by atoms with E-state index in [1.807, 2.05) is 119 Å². The molecular formula is C49H56N14O13S2Si3. The molecule has 0 fully saturated rings. The molecule has 6 bridgehead atoms. The van der Waals surface area contributed by atoms with Gasteiger partial charge in [-0.25, -0.2) is 48.0 Å². The molecule has 32 heteroatoms. The molecular weight excluding hydrogens is 1140 g/mol. The van der Waals surface area contributed by atoms with Crippen molar-refractivity contribution in [3.05, 3.63) is 130 Å². The predicted molar refractivity (Wildman–Crippen MR) is 304 cm³/mol. The second-order valence-electron chi connectivity index (χ2n) is 20.2.